The number of nitrogens with two attached hydrogens (primary N) is 1. The molecule has 2 N–H and O–H groups in total. The quantitative estimate of drug-likeness (QED) is 0.925. The van der Waals surface area contributed by atoms with Crippen LogP contribution >= 0.6 is 0 Å². The van der Waals surface area contributed by atoms with Crippen molar-refractivity contribution in [3.8, 4) is 5.75 Å². The molecule has 104 valence electrons. The van der Waals surface area contributed by atoms with E-state index >= 15 is 0 Å². The molecule has 0 unspecified atom stereocenters. The van der Waals surface area contributed by atoms with Gasteiger partial charge in [0.1, 0.15) is 5.75 Å². The van der Waals surface area contributed by atoms with Gasteiger partial charge in [-0.15, -0.1) is 0 Å². The zero-order valence-corrected chi connectivity index (χ0v) is 11.7. The number of benzene rings is 1. The normalized spacial score (nSPS) is 12.8. The lowest BCUT2D eigenvalue weighted by molar-refractivity contribution is 0.357. The third-order valence-electron chi connectivity index (χ3n) is 3.73. The Morgan fingerprint density at radius 2 is 2.25 bits per heavy atom. The number of aromatic nitrogens is 1. The van der Waals surface area contributed by atoms with E-state index < -0.39 is 0 Å². The van der Waals surface area contributed by atoms with Crippen LogP contribution in [0.2, 0.25) is 0 Å². The fourth-order valence-corrected chi connectivity index (χ4v) is 2.56. The van der Waals surface area contributed by atoms with Crippen LogP contribution in [-0.4, -0.2) is 25.2 Å². The molecule has 0 atom stereocenters. The molecule has 4 heteroatoms. The summed E-state index contributed by atoms with van der Waals surface area (Å²) in [7, 11) is 2.06. The van der Waals surface area contributed by atoms with Gasteiger partial charge in [-0.3, -0.25) is 4.98 Å². The molecule has 4 nitrogen and oxygen atoms in total. The largest absolute Gasteiger partial charge is 0.493 e. The van der Waals surface area contributed by atoms with E-state index in [0.29, 0.717) is 0 Å². The minimum Gasteiger partial charge on any atom is -0.493 e. The minimum atomic E-state index is 0.720. The third-order valence-corrected chi connectivity index (χ3v) is 3.73. The summed E-state index contributed by atoms with van der Waals surface area (Å²) in [6, 6.07) is 8.43. The molecule has 2 aromatic rings. The molecule has 0 aliphatic carbocycles. The molecule has 20 heavy (non-hydrogen) atoms. The van der Waals surface area contributed by atoms with E-state index in [1.807, 2.05) is 6.07 Å². The van der Waals surface area contributed by atoms with Crippen LogP contribution in [0.4, 0.5) is 11.4 Å². The van der Waals surface area contributed by atoms with Gasteiger partial charge in [-0.2, -0.15) is 0 Å². The first kappa shape index (κ1) is 12.8. The van der Waals surface area contributed by atoms with Crippen LogP contribution in [0.1, 0.15) is 11.1 Å². The summed E-state index contributed by atoms with van der Waals surface area (Å²) in [6.07, 6.45) is 5.48. The van der Waals surface area contributed by atoms with E-state index in [9.17, 15) is 0 Å². The number of hydrogen-bond acceptors (Lipinski definition) is 4. The molecule has 0 fully saturated rings. The molecule has 0 bridgehead atoms. The van der Waals surface area contributed by atoms with Gasteiger partial charge in [0.2, 0.25) is 0 Å². The van der Waals surface area contributed by atoms with E-state index in [2.05, 4.69) is 35.1 Å². The number of nitrogens with zero attached hydrogens (tertiary/aromatic N) is 2. The molecule has 1 aromatic heterocycles. The van der Waals surface area contributed by atoms with Crippen LogP contribution in [0.15, 0.2) is 36.7 Å². The van der Waals surface area contributed by atoms with Crippen LogP contribution in [0.3, 0.4) is 0 Å². The van der Waals surface area contributed by atoms with Gasteiger partial charge in [-0.05, 0) is 29.7 Å². The number of hydrogen-bond donors (Lipinski definition) is 1. The van der Waals surface area contributed by atoms with Crippen LogP contribution < -0.4 is 15.4 Å². The number of likely N-dealkylation sites (N-methyl/N-ethyl adjacent to an activating group) is 1. The van der Waals surface area contributed by atoms with Crippen LogP contribution in [0.5, 0.6) is 5.75 Å². The lowest BCUT2D eigenvalue weighted by Gasteiger charge is -2.20. The molecule has 0 amide bonds. The summed E-state index contributed by atoms with van der Waals surface area (Å²) in [6.45, 7) is 1.74. The molecule has 1 aliphatic rings. The maximum absolute atomic E-state index is 5.94. The monoisotopic (exact) mass is 269 g/mol. The molecular formula is C16H19N3O. The van der Waals surface area contributed by atoms with Gasteiger partial charge < -0.3 is 15.4 Å². The van der Waals surface area contributed by atoms with Crippen molar-refractivity contribution < 1.29 is 4.74 Å². The molecule has 0 radical (unpaired) electrons. The van der Waals surface area contributed by atoms with E-state index in [1.165, 1.54) is 11.1 Å². The second-order valence-corrected chi connectivity index (χ2v) is 5.15. The van der Waals surface area contributed by atoms with Gasteiger partial charge in [0.25, 0.3) is 0 Å². The molecule has 1 aliphatic heterocycles. The summed E-state index contributed by atoms with van der Waals surface area (Å²) in [5, 5.41) is 0. The van der Waals surface area contributed by atoms with Gasteiger partial charge in [-0.25, -0.2) is 0 Å². The fourth-order valence-electron chi connectivity index (χ4n) is 2.56. The van der Waals surface area contributed by atoms with E-state index in [0.717, 1.165) is 43.1 Å². The molecule has 0 spiro atoms. The Hall–Kier alpha value is -2.23. The number of fused-ring (bicyclic) bond motifs is 1. The maximum Gasteiger partial charge on any atom is 0.122 e. The summed E-state index contributed by atoms with van der Waals surface area (Å²) in [5.74, 6) is 1.04. The molecule has 2 heterocycles. The number of anilines is 2. The number of nitrogen functional groups attached to an aromatic ring is 1. The molecule has 0 saturated carbocycles. The Bertz CT molecular complexity index is 612. The Labute approximate surface area is 119 Å². The van der Waals surface area contributed by atoms with Gasteiger partial charge in [-0.1, -0.05) is 12.1 Å². The highest BCUT2D eigenvalue weighted by atomic mass is 16.5. The van der Waals surface area contributed by atoms with Crippen molar-refractivity contribution in [2.24, 2.45) is 0 Å². The van der Waals surface area contributed by atoms with Crippen molar-refractivity contribution in [1.29, 1.82) is 0 Å². The van der Waals surface area contributed by atoms with Crippen molar-refractivity contribution in [3.05, 3.63) is 47.8 Å². The highest BCUT2D eigenvalue weighted by molar-refractivity contribution is 5.65. The van der Waals surface area contributed by atoms with Crippen LogP contribution in [0, 0.1) is 0 Å². The summed E-state index contributed by atoms with van der Waals surface area (Å²) < 4.78 is 5.53. The second kappa shape index (κ2) is 5.41. The van der Waals surface area contributed by atoms with Crippen LogP contribution in [-0.2, 0) is 12.8 Å². The average molecular weight is 269 g/mol. The van der Waals surface area contributed by atoms with E-state index in [1.54, 1.807) is 12.4 Å². The highest BCUT2D eigenvalue weighted by Crippen LogP contribution is 2.26. The smallest absolute Gasteiger partial charge is 0.122 e. The van der Waals surface area contributed by atoms with Crippen molar-refractivity contribution >= 4 is 11.4 Å². The predicted octanol–water partition coefficient (Wildman–Crippen LogP) is 2.28. The molecule has 0 saturated heterocycles. The summed E-state index contributed by atoms with van der Waals surface area (Å²) in [5.41, 5.74) is 10.4. The number of ether oxygens (including phenoxy) is 1. The maximum atomic E-state index is 5.94. The lowest BCUT2D eigenvalue weighted by Crippen LogP contribution is -2.21. The Morgan fingerprint density at radius 3 is 3.10 bits per heavy atom. The highest BCUT2D eigenvalue weighted by Gasteiger charge is 2.12. The van der Waals surface area contributed by atoms with Crippen molar-refractivity contribution in [1.82, 2.24) is 4.98 Å². The molecular weight excluding hydrogens is 250 g/mol. The van der Waals surface area contributed by atoms with Gasteiger partial charge in [0.05, 0.1) is 24.2 Å². The zero-order chi connectivity index (χ0) is 13.9. The summed E-state index contributed by atoms with van der Waals surface area (Å²) in [4.78, 5) is 6.19. The van der Waals surface area contributed by atoms with E-state index in [4.69, 9.17) is 10.5 Å². The van der Waals surface area contributed by atoms with Crippen LogP contribution in [0.25, 0.3) is 0 Å². The topological polar surface area (TPSA) is 51.4 Å². The predicted molar refractivity (Wildman–Crippen MR) is 81.3 cm³/mol. The van der Waals surface area contributed by atoms with Gasteiger partial charge in [0, 0.05) is 26.2 Å². The van der Waals surface area contributed by atoms with Gasteiger partial charge in [0.15, 0.2) is 0 Å². The average Bonchev–Trinajstić information content (AvgIpc) is 2.92. The standard InChI is InChI=1S/C16H19N3O/c1-19(15-4-7-18-11-14(15)17)8-5-12-2-3-16-13(10-12)6-9-20-16/h2-4,7,10-11H,5-6,8-9,17H2,1H3. The van der Waals surface area contributed by atoms with Crippen molar-refractivity contribution in [3.63, 3.8) is 0 Å². The van der Waals surface area contributed by atoms with Gasteiger partial charge >= 0.3 is 0 Å². The first-order valence-electron chi connectivity index (χ1n) is 6.89. The summed E-state index contributed by atoms with van der Waals surface area (Å²) >= 11 is 0. The fraction of sp³-hybridized carbons (Fsp3) is 0.312. The second-order valence-electron chi connectivity index (χ2n) is 5.15. The minimum absolute atomic E-state index is 0.720. The molecule has 3 rings (SSSR count). The SMILES string of the molecule is CN(CCc1ccc2c(c1)CCO2)c1ccncc1N. The Morgan fingerprint density at radius 1 is 1.35 bits per heavy atom. The lowest BCUT2D eigenvalue weighted by atomic mass is 10.1. The van der Waals surface area contributed by atoms with Crippen molar-refractivity contribution in [2.75, 3.05) is 30.8 Å². The first-order valence-corrected chi connectivity index (χ1v) is 6.89. The number of pyridine rings is 1. The first-order chi connectivity index (χ1) is 9.74. The number of rotatable bonds is 4. The molecule has 1 aromatic carbocycles. The third kappa shape index (κ3) is 2.54. The Kier molecular flexibility index (Phi) is 3.46. The Balaban J connectivity index is 1.66. The van der Waals surface area contributed by atoms with E-state index in [-0.39, 0.29) is 0 Å². The van der Waals surface area contributed by atoms with Crippen molar-refractivity contribution in [2.45, 2.75) is 12.8 Å². The zero-order valence-electron chi connectivity index (χ0n) is 11.7.